The lowest BCUT2D eigenvalue weighted by Crippen LogP contribution is -2.35. The predicted octanol–water partition coefficient (Wildman–Crippen LogP) is 2.67. The first-order chi connectivity index (χ1) is 7.29. The van der Waals surface area contributed by atoms with E-state index in [4.69, 9.17) is 12.7 Å². The van der Waals surface area contributed by atoms with Crippen molar-refractivity contribution in [3.8, 4) is 0 Å². The molecule has 6 heteroatoms. The first-order valence-corrected chi connectivity index (χ1v) is 5.48. The number of carbonyl (C=O) groups is 1. The molecule has 16 heavy (non-hydrogen) atoms. The lowest BCUT2D eigenvalue weighted by molar-refractivity contribution is 0.0608. The second-order valence-corrected chi connectivity index (χ2v) is 5.10. The quantitative estimate of drug-likeness (QED) is 0.744. The molecule has 0 bridgehead atoms. The van der Waals surface area contributed by atoms with E-state index in [-0.39, 0.29) is 0 Å². The minimum Gasteiger partial charge on any atom is -0.444 e. The maximum atomic E-state index is 11.6. The molecule has 0 aliphatic heterocycles. The topological polar surface area (TPSA) is 42.4 Å². The molecular formula is C10H12BBrN2O2. The monoisotopic (exact) mass is 282 g/mol. The molecule has 1 amide bonds. The van der Waals surface area contributed by atoms with Gasteiger partial charge in [0.25, 0.3) is 0 Å². The molecule has 0 fully saturated rings. The summed E-state index contributed by atoms with van der Waals surface area (Å²) in [4.78, 5) is 16.4. The molecule has 0 unspecified atom stereocenters. The van der Waals surface area contributed by atoms with Crippen molar-refractivity contribution in [3.63, 3.8) is 0 Å². The molecule has 1 heterocycles. The van der Waals surface area contributed by atoms with E-state index in [9.17, 15) is 4.79 Å². The molecule has 0 aromatic carbocycles. The molecule has 2 radical (unpaired) electrons. The molecule has 1 aromatic heterocycles. The van der Waals surface area contributed by atoms with Gasteiger partial charge in [0.05, 0.1) is 0 Å². The van der Waals surface area contributed by atoms with Crippen LogP contribution in [0.15, 0.2) is 22.8 Å². The van der Waals surface area contributed by atoms with Crippen LogP contribution >= 0.6 is 15.9 Å². The summed E-state index contributed by atoms with van der Waals surface area (Å²) in [6.45, 7) is 5.31. The zero-order chi connectivity index (χ0) is 12.3. The Bertz CT molecular complexity index is 375. The van der Waals surface area contributed by atoms with Crippen molar-refractivity contribution < 1.29 is 9.53 Å². The Morgan fingerprint density at radius 3 is 2.56 bits per heavy atom. The van der Waals surface area contributed by atoms with Gasteiger partial charge in [-0.25, -0.2) is 9.78 Å². The Kier molecular flexibility index (Phi) is 3.96. The van der Waals surface area contributed by atoms with Crippen LogP contribution in [0.5, 0.6) is 0 Å². The number of anilines is 1. The predicted molar refractivity (Wildman–Crippen MR) is 66.4 cm³/mol. The van der Waals surface area contributed by atoms with Crippen LogP contribution in [0.4, 0.5) is 10.6 Å². The van der Waals surface area contributed by atoms with Gasteiger partial charge in [0.2, 0.25) is 7.98 Å². The van der Waals surface area contributed by atoms with Gasteiger partial charge in [0, 0.05) is 10.7 Å². The molecule has 4 nitrogen and oxygen atoms in total. The highest BCUT2D eigenvalue weighted by Gasteiger charge is 2.20. The van der Waals surface area contributed by atoms with Gasteiger partial charge in [-0.2, -0.15) is 0 Å². The van der Waals surface area contributed by atoms with Gasteiger partial charge in [0.15, 0.2) is 0 Å². The SMILES string of the molecule is [B]N(C(=O)OC(C)(C)C)c1ccc(Br)cn1. The van der Waals surface area contributed by atoms with Crippen LogP contribution in [-0.2, 0) is 4.74 Å². The van der Waals surface area contributed by atoms with Gasteiger partial charge in [-0.15, -0.1) is 0 Å². The molecule has 84 valence electrons. The van der Waals surface area contributed by atoms with Gasteiger partial charge < -0.3 is 9.55 Å². The van der Waals surface area contributed by atoms with E-state index < -0.39 is 11.7 Å². The number of hydrogen-bond donors (Lipinski definition) is 0. The Morgan fingerprint density at radius 2 is 2.12 bits per heavy atom. The summed E-state index contributed by atoms with van der Waals surface area (Å²) < 4.78 is 5.91. The molecule has 0 saturated carbocycles. The van der Waals surface area contributed by atoms with Crippen molar-refractivity contribution in [3.05, 3.63) is 22.8 Å². The first kappa shape index (κ1) is 13.0. The number of aromatic nitrogens is 1. The lowest BCUT2D eigenvalue weighted by Gasteiger charge is -2.24. The van der Waals surface area contributed by atoms with Crippen LogP contribution in [0, 0.1) is 0 Å². The van der Waals surface area contributed by atoms with Crippen LogP contribution in [0.2, 0.25) is 0 Å². The van der Waals surface area contributed by atoms with E-state index in [2.05, 4.69) is 20.9 Å². The van der Waals surface area contributed by atoms with Crippen molar-refractivity contribution in [2.45, 2.75) is 26.4 Å². The molecule has 1 rings (SSSR count). The standard InChI is InChI=1S/C10H12BBrN2O2/c1-10(2,3)16-9(15)14(11)8-5-4-7(12)6-13-8/h4-6H,1-3H3. The molecule has 0 aliphatic rings. The maximum Gasteiger partial charge on any atom is 0.402 e. The summed E-state index contributed by atoms with van der Waals surface area (Å²) in [6, 6.07) is 3.36. The number of hydrogen-bond acceptors (Lipinski definition) is 3. The zero-order valence-electron chi connectivity index (χ0n) is 9.40. The highest BCUT2D eigenvalue weighted by Crippen LogP contribution is 2.16. The minimum absolute atomic E-state index is 0.331. The molecule has 0 N–H and O–H groups in total. The van der Waals surface area contributed by atoms with Crippen LogP contribution < -0.4 is 4.81 Å². The van der Waals surface area contributed by atoms with Gasteiger partial charge in [-0.05, 0) is 48.8 Å². The molecular weight excluding hydrogens is 271 g/mol. The highest BCUT2D eigenvalue weighted by atomic mass is 79.9. The van der Waals surface area contributed by atoms with E-state index >= 15 is 0 Å². The summed E-state index contributed by atoms with van der Waals surface area (Å²) in [5.74, 6) is 0.331. The lowest BCUT2D eigenvalue weighted by atomic mass is 10.2. The third-order valence-electron chi connectivity index (χ3n) is 1.55. The fraction of sp³-hybridized carbons (Fsp3) is 0.400. The fourth-order valence-electron chi connectivity index (χ4n) is 0.915. The summed E-state index contributed by atoms with van der Waals surface area (Å²) in [7, 11) is 5.58. The number of amides is 1. The summed E-state index contributed by atoms with van der Waals surface area (Å²) in [5, 5.41) is 0. The molecule has 0 spiro atoms. The average molecular weight is 283 g/mol. The van der Waals surface area contributed by atoms with E-state index in [1.807, 2.05) is 0 Å². The number of ether oxygens (including phenoxy) is 1. The average Bonchev–Trinajstić information content (AvgIpc) is 2.15. The third-order valence-corrected chi connectivity index (χ3v) is 2.02. The smallest absolute Gasteiger partial charge is 0.402 e. The number of rotatable bonds is 1. The second kappa shape index (κ2) is 4.87. The van der Waals surface area contributed by atoms with E-state index in [1.165, 1.54) is 0 Å². The Labute approximate surface area is 105 Å². The number of halogens is 1. The van der Waals surface area contributed by atoms with Gasteiger partial charge >= 0.3 is 6.09 Å². The Balaban J connectivity index is 2.74. The normalized spacial score (nSPS) is 11.0. The second-order valence-electron chi connectivity index (χ2n) is 4.18. The summed E-state index contributed by atoms with van der Waals surface area (Å²) in [5.41, 5.74) is -0.579. The minimum atomic E-state index is -0.637. The van der Waals surface area contributed by atoms with Crippen LogP contribution in [0.1, 0.15) is 20.8 Å². The Hall–Kier alpha value is -1.04. The largest absolute Gasteiger partial charge is 0.444 e. The van der Waals surface area contributed by atoms with Crippen LogP contribution in [0.25, 0.3) is 0 Å². The van der Waals surface area contributed by atoms with Crippen molar-refractivity contribution in [2.24, 2.45) is 0 Å². The molecule has 0 aliphatic carbocycles. The van der Waals surface area contributed by atoms with Gasteiger partial charge in [-0.1, -0.05) is 0 Å². The zero-order valence-corrected chi connectivity index (χ0v) is 11.0. The van der Waals surface area contributed by atoms with E-state index in [1.54, 1.807) is 39.1 Å². The fourth-order valence-corrected chi connectivity index (χ4v) is 1.15. The summed E-state index contributed by atoms with van der Waals surface area (Å²) >= 11 is 3.24. The molecule has 0 atom stereocenters. The summed E-state index contributed by atoms with van der Waals surface area (Å²) in [6.07, 6.45) is 0.918. The van der Waals surface area contributed by atoms with Crippen molar-refractivity contribution in [1.29, 1.82) is 0 Å². The molecule has 0 saturated heterocycles. The van der Waals surface area contributed by atoms with Gasteiger partial charge in [0.1, 0.15) is 11.4 Å². The number of carbonyl (C=O) groups excluding carboxylic acids is 1. The first-order valence-electron chi connectivity index (χ1n) is 4.69. The van der Waals surface area contributed by atoms with E-state index in [0.29, 0.717) is 5.82 Å². The third kappa shape index (κ3) is 3.85. The van der Waals surface area contributed by atoms with Crippen LogP contribution in [0.3, 0.4) is 0 Å². The maximum absolute atomic E-state index is 11.6. The van der Waals surface area contributed by atoms with Gasteiger partial charge in [-0.3, -0.25) is 0 Å². The molecule has 1 aromatic rings. The highest BCUT2D eigenvalue weighted by molar-refractivity contribution is 9.10. The van der Waals surface area contributed by atoms with E-state index in [0.717, 1.165) is 9.28 Å². The van der Waals surface area contributed by atoms with Crippen molar-refractivity contribution in [2.75, 3.05) is 4.81 Å². The number of pyridine rings is 1. The van der Waals surface area contributed by atoms with Crippen LogP contribution in [-0.4, -0.2) is 24.7 Å². The Morgan fingerprint density at radius 1 is 1.50 bits per heavy atom. The number of nitrogens with zero attached hydrogens (tertiary/aromatic N) is 2. The van der Waals surface area contributed by atoms with Crippen molar-refractivity contribution in [1.82, 2.24) is 4.98 Å². The van der Waals surface area contributed by atoms with Crippen molar-refractivity contribution >= 4 is 35.8 Å².